The second-order valence-corrected chi connectivity index (χ2v) is 10.9. The quantitative estimate of drug-likeness (QED) is 0.474. The van der Waals surface area contributed by atoms with E-state index >= 15 is 0 Å². The predicted molar refractivity (Wildman–Crippen MR) is 145 cm³/mol. The summed E-state index contributed by atoms with van der Waals surface area (Å²) < 4.78 is 41.4. The Morgan fingerprint density at radius 3 is 2.60 bits per heavy atom. The number of hydrogen-bond acceptors (Lipinski definition) is 8. The number of halogens is 2. The summed E-state index contributed by atoms with van der Waals surface area (Å²) >= 11 is 0. The molecule has 2 saturated heterocycles. The van der Waals surface area contributed by atoms with Crippen LogP contribution in [-0.2, 0) is 9.53 Å². The number of fused-ring (bicyclic) bond motifs is 1. The van der Waals surface area contributed by atoms with E-state index in [-0.39, 0.29) is 35.6 Å². The van der Waals surface area contributed by atoms with Crippen LogP contribution >= 0.6 is 0 Å². The van der Waals surface area contributed by atoms with Crippen LogP contribution in [0.15, 0.2) is 30.3 Å². The summed E-state index contributed by atoms with van der Waals surface area (Å²) in [5.41, 5.74) is 0.999. The van der Waals surface area contributed by atoms with Gasteiger partial charge in [-0.05, 0) is 58.0 Å². The molecule has 4 heterocycles. The first-order valence-electron chi connectivity index (χ1n) is 14.1. The summed E-state index contributed by atoms with van der Waals surface area (Å²) in [6.45, 7) is 4.11. The number of ether oxygens (including phenoxy) is 2. The molecule has 2 aromatic heterocycles. The van der Waals surface area contributed by atoms with E-state index < -0.39 is 6.43 Å². The van der Waals surface area contributed by atoms with Gasteiger partial charge in [0.2, 0.25) is 17.7 Å². The fourth-order valence-electron chi connectivity index (χ4n) is 5.85. The highest BCUT2D eigenvalue weighted by molar-refractivity contribution is 5.79. The van der Waals surface area contributed by atoms with E-state index in [1.165, 1.54) is 4.57 Å². The molecule has 3 fully saturated rings. The molecule has 1 aliphatic carbocycles. The highest BCUT2D eigenvalue weighted by Gasteiger charge is 2.31. The first-order valence-corrected chi connectivity index (χ1v) is 14.1. The number of carbonyl (C=O) groups excluding carboxylic acids is 1. The fourth-order valence-corrected chi connectivity index (χ4v) is 5.85. The van der Waals surface area contributed by atoms with Crippen LogP contribution in [0.3, 0.4) is 0 Å². The van der Waals surface area contributed by atoms with Crippen LogP contribution in [0.25, 0.3) is 16.9 Å². The average molecular weight is 556 g/mol. The van der Waals surface area contributed by atoms with Crippen LogP contribution in [-0.4, -0.2) is 88.9 Å². The Hall–Kier alpha value is -3.38. The zero-order chi connectivity index (χ0) is 27.6. The Labute approximate surface area is 231 Å². The third-order valence-electron chi connectivity index (χ3n) is 8.09. The summed E-state index contributed by atoms with van der Waals surface area (Å²) in [6, 6.07) is 8.66. The number of carbonyl (C=O) groups is 1. The molecule has 2 atom stereocenters. The molecular weight excluding hydrogens is 520 g/mol. The lowest BCUT2D eigenvalue weighted by Crippen LogP contribution is -2.42. The van der Waals surface area contributed by atoms with Crippen LogP contribution in [0.4, 0.5) is 14.7 Å². The van der Waals surface area contributed by atoms with Gasteiger partial charge in [0.1, 0.15) is 11.9 Å². The van der Waals surface area contributed by atoms with E-state index in [0.29, 0.717) is 55.6 Å². The monoisotopic (exact) mass is 555 g/mol. The molecule has 40 heavy (non-hydrogen) atoms. The molecular formula is C28H35F2N7O3. The minimum atomic E-state index is -2.79. The molecule has 214 valence electrons. The van der Waals surface area contributed by atoms with Crippen molar-refractivity contribution in [1.29, 1.82) is 0 Å². The molecule has 1 aromatic carbocycles. The van der Waals surface area contributed by atoms with Gasteiger partial charge in [-0.3, -0.25) is 9.36 Å². The Kier molecular flexibility index (Phi) is 7.79. The van der Waals surface area contributed by atoms with Gasteiger partial charge in [0, 0.05) is 37.5 Å². The first-order chi connectivity index (χ1) is 19.4. The summed E-state index contributed by atoms with van der Waals surface area (Å²) in [4.78, 5) is 30.6. The maximum atomic E-state index is 14.1. The van der Waals surface area contributed by atoms with E-state index in [0.717, 1.165) is 38.8 Å². The number of imidazole rings is 1. The minimum Gasteiger partial charge on any atom is -0.474 e. The zero-order valence-electron chi connectivity index (χ0n) is 22.6. The first kappa shape index (κ1) is 26.8. The Balaban J connectivity index is 1.24. The number of likely N-dealkylation sites (tertiary alicyclic amines) is 1. The van der Waals surface area contributed by atoms with E-state index in [9.17, 15) is 13.6 Å². The molecule has 6 rings (SSSR count). The van der Waals surface area contributed by atoms with Crippen molar-refractivity contribution in [3.05, 3.63) is 36.2 Å². The van der Waals surface area contributed by atoms with E-state index in [4.69, 9.17) is 9.47 Å². The van der Waals surface area contributed by atoms with Gasteiger partial charge < -0.3 is 24.6 Å². The summed E-state index contributed by atoms with van der Waals surface area (Å²) in [6.07, 6.45) is 1.07. The van der Waals surface area contributed by atoms with Crippen molar-refractivity contribution in [2.75, 3.05) is 51.3 Å². The molecule has 0 bridgehead atoms. The average Bonchev–Trinajstić information content (AvgIpc) is 3.58. The lowest BCUT2D eigenvalue weighted by Gasteiger charge is -2.29. The molecule has 2 aliphatic heterocycles. The van der Waals surface area contributed by atoms with Crippen molar-refractivity contribution in [3.63, 3.8) is 0 Å². The van der Waals surface area contributed by atoms with Gasteiger partial charge in [0.05, 0.1) is 24.2 Å². The number of anilines is 1. The topological polar surface area (TPSA) is 97.6 Å². The number of para-hydroxylation sites is 2. The number of alkyl halides is 2. The van der Waals surface area contributed by atoms with Crippen LogP contribution < -0.4 is 15.0 Å². The molecule has 12 heteroatoms. The van der Waals surface area contributed by atoms with Gasteiger partial charge in [-0.25, -0.2) is 13.8 Å². The smallest absolute Gasteiger partial charge is 0.296 e. The number of rotatable bonds is 7. The molecule has 3 aliphatic rings. The van der Waals surface area contributed by atoms with Gasteiger partial charge in [-0.15, -0.1) is 0 Å². The maximum Gasteiger partial charge on any atom is 0.296 e. The van der Waals surface area contributed by atoms with Crippen molar-refractivity contribution in [2.24, 2.45) is 5.92 Å². The van der Waals surface area contributed by atoms with Crippen molar-refractivity contribution in [3.8, 4) is 11.7 Å². The van der Waals surface area contributed by atoms with Gasteiger partial charge in [0.25, 0.3) is 6.43 Å². The van der Waals surface area contributed by atoms with Crippen molar-refractivity contribution >= 4 is 22.9 Å². The molecule has 1 amide bonds. The van der Waals surface area contributed by atoms with Crippen LogP contribution in [0, 0.1) is 5.92 Å². The number of hydrogen-bond donors (Lipinski definition) is 1. The Bertz CT molecular complexity index is 1340. The minimum absolute atomic E-state index is 0.0419. The summed E-state index contributed by atoms with van der Waals surface area (Å²) in [7, 11) is 2.08. The van der Waals surface area contributed by atoms with Crippen LogP contribution in [0.5, 0.6) is 5.88 Å². The van der Waals surface area contributed by atoms with Gasteiger partial charge >= 0.3 is 0 Å². The number of amides is 1. The largest absolute Gasteiger partial charge is 0.474 e. The number of aromatic nitrogens is 4. The maximum absolute atomic E-state index is 14.1. The normalized spacial score (nSPS) is 22.8. The Morgan fingerprint density at radius 1 is 1.05 bits per heavy atom. The van der Waals surface area contributed by atoms with Crippen molar-refractivity contribution in [2.45, 2.75) is 50.7 Å². The summed E-state index contributed by atoms with van der Waals surface area (Å²) in [5.74, 6) is 0.808. The highest BCUT2D eigenvalue weighted by atomic mass is 19.3. The van der Waals surface area contributed by atoms with Crippen molar-refractivity contribution in [1.82, 2.24) is 29.7 Å². The second kappa shape index (κ2) is 11.6. The third kappa shape index (κ3) is 5.73. The van der Waals surface area contributed by atoms with Crippen molar-refractivity contribution < 1.29 is 23.0 Å². The van der Waals surface area contributed by atoms with Crippen LogP contribution in [0.1, 0.15) is 44.4 Å². The zero-order valence-corrected chi connectivity index (χ0v) is 22.6. The van der Waals surface area contributed by atoms with E-state index in [1.54, 1.807) is 30.3 Å². The van der Waals surface area contributed by atoms with E-state index in [1.807, 2.05) is 4.90 Å². The van der Waals surface area contributed by atoms with Gasteiger partial charge in [-0.2, -0.15) is 9.97 Å². The standard InChI is InChI=1S/C28H35F2N7O3/c1-35-10-8-18(9-11-35)27(38)31-19-6-7-20(16-19)40-24-17-23(33-28(34-24)36-12-14-39-15-13-36)37-22-5-3-2-4-21(22)32-26(37)25(29)30/h2-5,17-20,25H,6-16H2,1H3,(H,31,38)/t19-,20-/m0/s1. The molecule has 10 nitrogen and oxygen atoms in total. The molecule has 3 aromatic rings. The SMILES string of the molecule is CN1CCC(C(=O)N[C@H]2CC[C@H](Oc3cc(-n4c(C(F)F)nc5ccccc54)nc(N4CCOCC4)n3)C2)CC1. The number of benzene rings is 1. The lowest BCUT2D eigenvalue weighted by molar-refractivity contribution is -0.127. The predicted octanol–water partition coefficient (Wildman–Crippen LogP) is 3.35. The fraction of sp³-hybridized carbons (Fsp3) is 0.571. The van der Waals surface area contributed by atoms with Gasteiger partial charge in [-0.1, -0.05) is 12.1 Å². The number of piperidine rings is 1. The number of nitrogens with one attached hydrogen (secondary N) is 1. The highest BCUT2D eigenvalue weighted by Crippen LogP contribution is 2.31. The van der Waals surface area contributed by atoms with Crippen LogP contribution in [0.2, 0.25) is 0 Å². The van der Waals surface area contributed by atoms with Gasteiger partial charge in [0.15, 0.2) is 5.82 Å². The number of morpholine rings is 1. The molecule has 0 radical (unpaired) electrons. The molecule has 1 saturated carbocycles. The second-order valence-electron chi connectivity index (χ2n) is 10.9. The number of nitrogens with zero attached hydrogens (tertiary/aromatic N) is 6. The van der Waals surface area contributed by atoms with E-state index in [2.05, 4.69) is 32.2 Å². The molecule has 0 spiro atoms. The summed E-state index contributed by atoms with van der Waals surface area (Å²) in [5, 5.41) is 3.23. The Morgan fingerprint density at radius 2 is 1.82 bits per heavy atom. The lowest BCUT2D eigenvalue weighted by atomic mass is 9.96. The molecule has 0 unspecified atom stereocenters. The third-order valence-corrected chi connectivity index (χ3v) is 8.09. The molecule has 1 N–H and O–H groups in total.